The molecule has 0 aliphatic carbocycles. The lowest BCUT2D eigenvalue weighted by atomic mass is 10.1. The molecule has 1 atom stereocenters. The number of nitriles is 1. The van der Waals surface area contributed by atoms with E-state index in [2.05, 4.69) is 4.74 Å². The Morgan fingerprint density at radius 2 is 2.44 bits per heavy atom. The molecule has 50 valence electrons. The highest BCUT2D eigenvalue weighted by atomic mass is 16.5. The van der Waals surface area contributed by atoms with Crippen LogP contribution in [0.25, 0.3) is 0 Å². The first kappa shape index (κ1) is 8.12. The fraction of sp³-hybridized carbons (Fsp3) is 0.667. The molecule has 0 heterocycles. The first-order chi connectivity index (χ1) is 4.22. The maximum atomic E-state index is 10.6. The van der Waals surface area contributed by atoms with E-state index in [0.29, 0.717) is 0 Å². The van der Waals surface area contributed by atoms with Crippen molar-refractivity contribution in [2.45, 2.75) is 6.92 Å². The van der Waals surface area contributed by atoms with Crippen LogP contribution < -0.4 is 0 Å². The van der Waals surface area contributed by atoms with Gasteiger partial charge in [-0.15, -0.1) is 0 Å². The van der Waals surface area contributed by atoms with Gasteiger partial charge in [-0.2, -0.15) is 5.26 Å². The molecule has 0 aliphatic heterocycles. The molecule has 0 aromatic heterocycles. The number of rotatable bonds is 3. The standard InChI is InChI=1S/C6H9NO2/c1-5(3-7)6(8)4-9-2/h5H,4H2,1-2H3/t5-/m0/s1. The average molecular weight is 127 g/mol. The SMILES string of the molecule is COCC(=O)[C@@H](C)C#N. The van der Waals surface area contributed by atoms with Crippen LogP contribution in [-0.4, -0.2) is 19.5 Å². The fourth-order valence-corrected chi connectivity index (χ4v) is 0.339. The van der Waals surface area contributed by atoms with Gasteiger partial charge in [0.1, 0.15) is 12.5 Å². The summed E-state index contributed by atoms with van der Waals surface area (Å²) in [6.45, 7) is 1.59. The minimum absolute atomic E-state index is 0.0364. The molecule has 0 N–H and O–H groups in total. The Balaban J connectivity index is 3.63. The van der Waals surface area contributed by atoms with Crippen molar-refractivity contribution in [2.24, 2.45) is 5.92 Å². The largest absolute Gasteiger partial charge is 0.377 e. The molecule has 0 unspecified atom stereocenters. The number of carbonyl (C=O) groups excluding carboxylic acids is 1. The molecule has 0 saturated heterocycles. The third-order valence-electron chi connectivity index (χ3n) is 0.963. The van der Waals surface area contributed by atoms with Crippen LogP contribution in [-0.2, 0) is 9.53 Å². The van der Waals surface area contributed by atoms with Gasteiger partial charge < -0.3 is 4.74 Å². The van der Waals surface area contributed by atoms with Crippen molar-refractivity contribution >= 4 is 5.78 Å². The molecule has 0 radical (unpaired) electrons. The van der Waals surface area contributed by atoms with E-state index in [1.807, 2.05) is 6.07 Å². The fourth-order valence-electron chi connectivity index (χ4n) is 0.339. The Kier molecular flexibility index (Phi) is 3.65. The molecule has 0 aromatic carbocycles. The number of nitrogens with zero attached hydrogens (tertiary/aromatic N) is 1. The number of methoxy groups -OCH3 is 1. The van der Waals surface area contributed by atoms with Gasteiger partial charge in [0.05, 0.1) is 6.07 Å². The summed E-state index contributed by atoms with van der Waals surface area (Å²) in [6.07, 6.45) is 0. The molecule has 9 heavy (non-hydrogen) atoms. The summed E-state index contributed by atoms with van der Waals surface area (Å²) in [4.78, 5) is 10.6. The molecule has 0 aromatic rings. The van der Waals surface area contributed by atoms with Crippen LogP contribution in [0.2, 0.25) is 0 Å². The van der Waals surface area contributed by atoms with Crippen molar-refractivity contribution in [3.8, 4) is 6.07 Å². The van der Waals surface area contributed by atoms with Gasteiger partial charge in [0.2, 0.25) is 0 Å². The first-order valence-electron chi connectivity index (χ1n) is 2.63. The van der Waals surface area contributed by atoms with E-state index in [0.717, 1.165) is 0 Å². The number of Topliss-reactive ketones (excluding diaryl/α,β-unsaturated/α-hetero) is 1. The zero-order valence-electron chi connectivity index (χ0n) is 5.55. The summed E-state index contributed by atoms with van der Waals surface area (Å²) >= 11 is 0. The Labute approximate surface area is 54.2 Å². The first-order valence-corrected chi connectivity index (χ1v) is 2.63. The number of carbonyl (C=O) groups is 1. The molecule has 0 rings (SSSR count). The van der Waals surface area contributed by atoms with Crippen LogP contribution in [0.4, 0.5) is 0 Å². The van der Waals surface area contributed by atoms with Crippen molar-refractivity contribution < 1.29 is 9.53 Å². The topological polar surface area (TPSA) is 50.1 Å². The summed E-state index contributed by atoms with van der Waals surface area (Å²) in [7, 11) is 1.43. The van der Waals surface area contributed by atoms with E-state index in [9.17, 15) is 4.79 Å². The van der Waals surface area contributed by atoms with Gasteiger partial charge in [-0.25, -0.2) is 0 Å². The normalized spacial score (nSPS) is 12.1. The lowest BCUT2D eigenvalue weighted by molar-refractivity contribution is -0.124. The summed E-state index contributed by atoms with van der Waals surface area (Å²) in [5, 5.41) is 8.21. The van der Waals surface area contributed by atoms with Gasteiger partial charge in [0.15, 0.2) is 5.78 Å². The molecule has 0 spiro atoms. The van der Waals surface area contributed by atoms with E-state index >= 15 is 0 Å². The van der Waals surface area contributed by atoms with Crippen LogP contribution in [0.5, 0.6) is 0 Å². The van der Waals surface area contributed by atoms with Crippen LogP contribution >= 0.6 is 0 Å². The molecular weight excluding hydrogens is 118 g/mol. The third-order valence-corrected chi connectivity index (χ3v) is 0.963. The Morgan fingerprint density at radius 3 is 2.78 bits per heavy atom. The highest BCUT2D eigenvalue weighted by Gasteiger charge is 2.09. The molecule has 0 amide bonds. The highest BCUT2D eigenvalue weighted by Crippen LogP contribution is 1.92. The Morgan fingerprint density at radius 1 is 1.89 bits per heavy atom. The number of hydrogen-bond donors (Lipinski definition) is 0. The molecule has 3 nitrogen and oxygen atoms in total. The van der Waals surface area contributed by atoms with E-state index in [1.165, 1.54) is 7.11 Å². The van der Waals surface area contributed by atoms with Crippen molar-refractivity contribution in [3.63, 3.8) is 0 Å². The second-order valence-electron chi connectivity index (χ2n) is 1.75. The van der Waals surface area contributed by atoms with E-state index in [1.54, 1.807) is 6.92 Å². The summed E-state index contributed by atoms with van der Waals surface area (Å²) in [6, 6.07) is 1.82. The zero-order valence-corrected chi connectivity index (χ0v) is 5.55. The van der Waals surface area contributed by atoms with E-state index < -0.39 is 5.92 Å². The predicted molar refractivity (Wildman–Crippen MR) is 31.7 cm³/mol. The van der Waals surface area contributed by atoms with Gasteiger partial charge >= 0.3 is 0 Å². The Bertz CT molecular complexity index is 136. The van der Waals surface area contributed by atoms with Gasteiger partial charge in [-0.05, 0) is 6.92 Å². The predicted octanol–water partition coefficient (Wildman–Crippen LogP) is 0.362. The molecule has 0 aliphatic rings. The van der Waals surface area contributed by atoms with E-state index in [4.69, 9.17) is 5.26 Å². The quantitative estimate of drug-likeness (QED) is 0.550. The maximum absolute atomic E-state index is 10.6. The highest BCUT2D eigenvalue weighted by molar-refractivity contribution is 5.83. The number of hydrogen-bond acceptors (Lipinski definition) is 3. The smallest absolute Gasteiger partial charge is 0.175 e. The van der Waals surface area contributed by atoms with Gasteiger partial charge in [0, 0.05) is 7.11 Å². The van der Waals surface area contributed by atoms with Crippen LogP contribution in [0.3, 0.4) is 0 Å². The van der Waals surface area contributed by atoms with Crippen LogP contribution in [0, 0.1) is 17.2 Å². The molecular formula is C6H9NO2. The lowest BCUT2D eigenvalue weighted by Crippen LogP contribution is -2.14. The third kappa shape index (κ3) is 2.83. The minimum atomic E-state index is -0.537. The van der Waals surface area contributed by atoms with Gasteiger partial charge in [0.25, 0.3) is 0 Å². The molecule has 0 fully saturated rings. The summed E-state index contributed by atoms with van der Waals surface area (Å²) in [5.74, 6) is -0.704. The molecule has 3 heteroatoms. The summed E-state index contributed by atoms with van der Waals surface area (Å²) < 4.78 is 4.53. The maximum Gasteiger partial charge on any atom is 0.175 e. The minimum Gasteiger partial charge on any atom is -0.377 e. The second-order valence-corrected chi connectivity index (χ2v) is 1.75. The monoisotopic (exact) mass is 127 g/mol. The van der Waals surface area contributed by atoms with Crippen molar-refractivity contribution in [2.75, 3.05) is 13.7 Å². The van der Waals surface area contributed by atoms with Gasteiger partial charge in [-0.1, -0.05) is 0 Å². The lowest BCUT2D eigenvalue weighted by Gasteiger charge is -1.97. The van der Waals surface area contributed by atoms with Crippen molar-refractivity contribution in [1.82, 2.24) is 0 Å². The Hall–Kier alpha value is -0.880. The molecule has 0 bridgehead atoms. The second kappa shape index (κ2) is 4.04. The van der Waals surface area contributed by atoms with Gasteiger partial charge in [-0.3, -0.25) is 4.79 Å². The van der Waals surface area contributed by atoms with Crippen LogP contribution in [0.15, 0.2) is 0 Å². The average Bonchev–Trinajstić information content (AvgIpc) is 1.87. The number of ether oxygens (including phenoxy) is 1. The van der Waals surface area contributed by atoms with E-state index in [-0.39, 0.29) is 12.4 Å². The molecule has 0 saturated carbocycles. The van der Waals surface area contributed by atoms with Crippen molar-refractivity contribution in [3.05, 3.63) is 0 Å². The van der Waals surface area contributed by atoms with Crippen molar-refractivity contribution in [1.29, 1.82) is 5.26 Å². The zero-order chi connectivity index (χ0) is 7.28. The summed E-state index contributed by atoms with van der Waals surface area (Å²) in [5.41, 5.74) is 0. The van der Waals surface area contributed by atoms with Crippen LogP contribution in [0.1, 0.15) is 6.92 Å². The number of ketones is 1.